The van der Waals surface area contributed by atoms with Crippen LogP contribution >= 0.6 is 0 Å². The Morgan fingerprint density at radius 3 is 2.70 bits per heavy atom. The third-order valence-electron chi connectivity index (χ3n) is 4.81. The van der Waals surface area contributed by atoms with E-state index in [0.29, 0.717) is 22.9 Å². The first-order valence-corrected chi connectivity index (χ1v) is 8.88. The van der Waals surface area contributed by atoms with Crippen molar-refractivity contribution in [2.24, 2.45) is 11.8 Å². The summed E-state index contributed by atoms with van der Waals surface area (Å²) in [6.07, 6.45) is 5.29. The molecule has 3 atom stereocenters. The lowest BCUT2D eigenvalue weighted by atomic mass is 9.96. The van der Waals surface area contributed by atoms with Crippen LogP contribution in [0.1, 0.15) is 38.2 Å². The molecule has 0 aromatic heterocycles. The topological polar surface area (TPSA) is 72.2 Å². The van der Waals surface area contributed by atoms with Crippen molar-refractivity contribution in [3.8, 4) is 0 Å². The van der Waals surface area contributed by atoms with Crippen LogP contribution in [-0.4, -0.2) is 14.5 Å². The molecule has 2 aliphatic rings. The Labute approximate surface area is 120 Å². The van der Waals surface area contributed by atoms with Gasteiger partial charge in [-0.3, -0.25) is 0 Å². The van der Waals surface area contributed by atoms with Gasteiger partial charge in [0, 0.05) is 11.7 Å². The predicted octanol–water partition coefficient (Wildman–Crippen LogP) is 2.30. The van der Waals surface area contributed by atoms with E-state index < -0.39 is 10.0 Å². The van der Waals surface area contributed by atoms with E-state index in [0.717, 1.165) is 24.3 Å². The fraction of sp³-hybridized carbons (Fsp3) is 0.600. The van der Waals surface area contributed by atoms with Crippen LogP contribution < -0.4 is 10.5 Å². The van der Waals surface area contributed by atoms with Crippen LogP contribution in [0.5, 0.6) is 0 Å². The molecule has 1 aromatic rings. The molecule has 5 heteroatoms. The van der Waals surface area contributed by atoms with Crippen LogP contribution in [0.4, 0.5) is 5.69 Å². The maximum atomic E-state index is 12.6. The number of sulfonamides is 1. The summed E-state index contributed by atoms with van der Waals surface area (Å²) in [5, 5.41) is 0. The van der Waals surface area contributed by atoms with Gasteiger partial charge in [0.25, 0.3) is 0 Å². The molecule has 2 fully saturated rings. The van der Waals surface area contributed by atoms with Gasteiger partial charge in [0.1, 0.15) is 0 Å². The highest BCUT2D eigenvalue weighted by molar-refractivity contribution is 7.89. The zero-order chi connectivity index (χ0) is 14.3. The van der Waals surface area contributed by atoms with E-state index in [1.807, 2.05) is 13.0 Å². The molecule has 3 unspecified atom stereocenters. The van der Waals surface area contributed by atoms with Crippen LogP contribution in [0.3, 0.4) is 0 Å². The average molecular weight is 294 g/mol. The molecular formula is C15H22N2O2S. The first-order chi connectivity index (χ1) is 9.49. The molecule has 3 rings (SSSR count). The molecule has 0 amide bonds. The van der Waals surface area contributed by atoms with E-state index in [1.165, 1.54) is 12.8 Å². The van der Waals surface area contributed by atoms with Crippen LogP contribution in [0.15, 0.2) is 23.1 Å². The molecule has 0 saturated heterocycles. The molecule has 2 bridgehead atoms. The van der Waals surface area contributed by atoms with Gasteiger partial charge in [0.2, 0.25) is 10.0 Å². The van der Waals surface area contributed by atoms with Crippen molar-refractivity contribution in [3.63, 3.8) is 0 Å². The van der Waals surface area contributed by atoms with Gasteiger partial charge in [-0.2, -0.15) is 0 Å². The van der Waals surface area contributed by atoms with Gasteiger partial charge in [-0.15, -0.1) is 0 Å². The lowest BCUT2D eigenvalue weighted by Gasteiger charge is -2.23. The quantitative estimate of drug-likeness (QED) is 0.837. The van der Waals surface area contributed by atoms with Gasteiger partial charge in [-0.25, -0.2) is 13.1 Å². The number of nitrogens with two attached hydrogens (primary N) is 1. The SMILES string of the molecule is CCc1ccc(N)cc1S(=O)(=O)NC1CC2CCC1C2. The summed E-state index contributed by atoms with van der Waals surface area (Å²) in [6, 6.07) is 5.26. The normalized spacial score (nSPS) is 28.9. The number of nitrogens with one attached hydrogen (secondary N) is 1. The summed E-state index contributed by atoms with van der Waals surface area (Å²) in [4.78, 5) is 0.350. The van der Waals surface area contributed by atoms with E-state index >= 15 is 0 Å². The van der Waals surface area contributed by atoms with Gasteiger partial charge < -0.3 is 5.73 Å². The van der Waals surface area contributed by atoms with Crippen LogP contribution in [-0.2, 0) is 16.4 Å². The fourth-order valence-electron chi connectivity index (χ4n) is 3.77. The standard InChI is InChI=1S/C15H22N2O2S/c1-2-11-5-6-13(16)9-15(11)20(18,19)17-14-8-10-3-4-12(14)7-10/h5-6,9-10,12,14,17H,2-4,7-8,16H2,1H3. The number of hydrogen-bond acceptors (Lipinski definition) is 3. The molecule has 1 aromatic carbocycles. The smallest absolute Gasteiger partial charge is 0.241 e. The number of rotatable bonds is 4. The number of anilines is 1. The van der Waals surface area contributed by atoms with Crippen molar-refractivity contribution >= 4 is 15.7 Å². The largest absolute Gasteiger partial charge is 0.399 e. The van der Waals surface area contributed by atoms with Crippen molar-refractivity contribution in [1.29, 1.82) is 0 Å². The highest BCUT2D eigenvalue weighted by Gasteiger charge is 2.41. The average Bonchev–Trinajstić information content (AvgIpc) is 3.00. The van der Waals surface area contributed by atoms with Gasteiger partial charge >= 0.3 is 0 Å². The summed E-state index contributed by atoms with van der Waals surface area (Å²) in [5.41, 5.74) is 7.08. The molecule has 4 nitrogen and oxygen atoms in total. The lowest BCUT2D eigenvalue weighted by molar-refractivity contribution is 0.390. The number of nitrogen functional groups attached to an aromatic ring is 1. The molecule has 2 aliphatic carbocycles. The molecule has 3 N–H and O–H groups in total. The van der Waals surface area contributed by atoms with E-state index in [1.54, 1.807) is 12.1 Å². The maximum Gasteiger partial charge on any atom is 0.241 e. The monoisotopic (exact) mass is 294 g/mol. The first kappa shape index (κ1) is 13.9. The van der Waals surface area contributed by atoms with Crippen LogP contribution in [0.2, 0.25) is 0 Å². The number of benzene rings is 1. The Hall–Kier alpha value is -1.07. The Bertz CT molecular complexity index is 612. The van der Waals surface area contributed by atoms with E-state index in [9.17, 15) is 8.42 Å². The lowest BCUT2D eigenvalue weighted by Crippen LogP contribution is -2.38. The van der Waals surface area contributed by atoms with Gasteiger partial charge in [0.05, 0.1) is 4.90 Å². The Kier molecular flexibility index (Phi) is 3.50. The van der Waals surface area contributed by atoms with Crippen molar-refractivity contribution < 1.29 is 8.42 Å². The van der Waals surface area contributed by atoms with Crippen LogP contribution in [0.25, 0.3) is 0 Å². The molecule has 2 saturated carbocycles. The van der Waals surface area contributed by atoms with Gasteiger partial charge in [-0.05, 0) is 55.2 Å². The third kappa shape index (κ3) is 2.44. The van der Waals surface area contributed by atoms with Gasteiger partial charge in [0.15, 0.2) is 0 Å². The second kappa shape index (κ2) is 5.04. The highest BCUT2D eigenvalue weighted by atomic mass is 32.2. The number of fused-ring (bicyclic) bond motifs is 2. The summed E-state index contributed by atoms with van der Waals surface area (Å²) >= 11 is 0. The molecule has 20 heavy (non-hydrogen) atoms. The molecule has 0 heterocycles. The fourth-order valence-corrected chi connectivity index (χ4v) is 5.43. The third-order valence-corrected chi connectivity index (χ3v) is 6.38. The second-order valence-electron chi connectivity index (χ2n) is 6.12. The number of aryl methyl sites for hydroxylation is 1. The van der Waals surface area contributed by atoms with Crippen molar-refractivity contribution in [1.82, 2.24) is 4.72 Å². The van der Waals surface area contributed by atoms with E-state index in [2.05, 4.69) is 4.72 Å². The molecule has 0 aliphatic heterocycles. The number of hydrogen-bond donors (Lipinski definition) is 2. The highest BCUT2D eigenvalue weighted by Crippen LogP contribution is 2.44. The van der Waals surface area contributed by atoms with E-state index in [4.69, 9.17) is 5.73 Å². The van der Waals surface area contributed by atoms with Crippen molar-refractivity contribution in [3.05, 3.63) is 23.8 Å². The van der Waals surface area contributed by atoms with Gasteiger partial charge in [-0.1, -0.05) is 19.4 Å². The second-order valence-corrected chi connectivity index (χ2v) is 7.81. The minimum Gasteiger partial charge on any atom is -0.399 e. The maximum absolute atomic E-state index is 12.6. The first-order valence-electron chi connectivity index (χ1n) is 7.40. The summed E-state index contributed by atoms with van der Waals surface area (Å²) < 4.78 is 28.2. The van der Waals surface area contributed by atoms with E-state index in [-0.39, 0.29) is 6.04 Å². The van der Waals surface area contributed by atoms with Crippen LogP contribution in [0, 0.1) is 11.8 Å². The minimum absolute atomic E-state index is 0.116. The summed E-state index contributed by atoms with van der Waals surface area (Å²) in [7, 11) is -3.46. The minimum atomic E-state index is -3.46. The zero-order valence-electron chi connectivity index (χ0n) is 11.8. The Morgan fingerprint density at radius 1 is 1.30 bits per heavy atom. The van der Waals surface area contributed by atoms with Crippen molar-refractivity contribution in [2.45, 2.75) is 50.0 Å². The summed E-state index contributed by atoms with van der Waals surface area (Å²) in [6.45, 7) is 1.96. The predicted molar refractivity (Wildman–Crippen MR) is 79.8 cm³/mol. The Morgan fingerprint density at radius 2 is 2.10 bits per heavy atom. The summed E-state index contributed by atoms with van der Waals surface area (Å²) in [5.74, 6) is 1.25. The molecule has 0 spiro atoms. The molecule has 0 radical (unpaired) electrons. The van der Waals surface area contributed by atoms with Crippen molar-refractivity contribution in [2.75, 3.05) is 5.73 Å². The molecular weight excluding hydrogens is 272 g/mol. The Balaban J connectivity index is 1.86. The molecule has 110 valence electrons. The zero-order valence-corrected chi connectivity index (χ0v) is 12.6.